The van der Waals surface area contributed by atoms with Gasteiger partial charge in [0.1, 0.15) is 5.82 Å². The molecule has 1 amide bonds. The van der Waals surface area contributed by atoms with Gasteiger partial charge in [0.15, 0.2) is 5.69 Å². The van der Waals surface area contributed by atoms with E-state index in [0.29, 0.717) is 6.54 Å². The number of halogens is 5. The van der Waals surface area contributed by atoms with E-state index in [1.807, 2.05) is 0 Å². The highest BCUT2D eigenvalue weighted by Crippen LogP contribution is 2.32. The molecule has 1 fully saturated rings. The Bertz CT molecular complexity index is 869. The zero-order chi connectivity index (χ0) is 20.3. The van der Waals surface area contributed by atoms with Gasteiger partial charge in [0.25, 0.3) is 5.91 Å². The second-order valence-corrected chi connectivity index (χ2v) is 6.98. The van der Waals surface area contributed by atoms with Crippen molar-refractivity contribution in [3.63, 3.8) is 0 Å². The number of hydrogen-bond donors (Lipinski definition) is 2. The lowest BCUT2D eigenvalue weighted by atomic mass is 10.1. The van der Waals surface area contributed by atoms with Crippen molar-refractivity contribution in [2.24, 2.45) is 5.92 Å². The average Bonchev–Trinajstić information content (AvgIpc) is 3.15. The van der Waals surface area contributed by atoms with Gasteiger partial charge in [-0.1, -0.05) is 24.4 Å². The van der Waals surface area contributed by atoms with Crippen molar-refractivity contribution < 1.29 is 22.4 Å². The standard InChI is InChI=1S/C18H17ClF4N4O/c19-13-7-11(5-6-14(13)20)26-17-25-9-12(15(27-17)18(21,22)23)16(28)24-8-10-3-1-2-4-10/h5-7,9-10H,1-4,8H2,(H,24,28)(H,25,26,27). The van der Waals surface area contributed by atoms with Crippen molar-refractivity contribution in [2.45, 2.75) is 31.9 Å². The van der Waals surface area contributed by atoms with Gasteiger partial charge < -0.3 is 10.6 Å². The molecule has 0 atom stereocenters. The molecule has 0 unspecified atom stereocenters. The predicted octanol–water partition coefficient (Wildman–Crippen LogP) is 4.95. The van der Waals surface area contributed by atoms with Crippen LogP contribution in [-0.4, -0.2) is 22.4 Å². The number of aromatic nitrogens is 2. The molecule has 150 valence electrons. The SMILES string of the molecule is O=C(NCC1CCCC1)c1cnc(Nc2ccc(F)c(Cl)c2)nc1C(F)(F)F. The molecule has 0 saturated heterocycles. The summed E-state index contributed by atoms with van der Waals surface area (Å²) in [7, 11) is 0. The van der Waals surface area contributed by atoms with Gasteiger partial charge in [0.2, 0.25) is 5.95 Å². The number of benzene rings is 1. The first kappa shape index (κ1) is 20.3. The quantitative estimate of drug-likeness (QED) is 0.677. The van der Waals surface area contributed by atoms with Gasteiger partial charge >= 0.3 is 6.18 Å². The molecule has 10 heteroatoms. The van der Waals surface area contributed by atoms with Crippen molar-refractivity contribution in [3.8, 4) is 0 Å². The number of carbonyl (C=O) groups excluding carboxylic acids is 1. The summed E-state index contributed by atoms with van der Waals surface area (Å²) >= 11 is 5.65. The minimum absolute atomic E-state index is 0.205. The number of anilines is 2. The van der Waals surface area contributed by atoms with Crippen LogP contribution in [-0.2, 0) is 6.18 Å². The molecule has 5 nitrogen and oxygen atoms in total. The molecule has 0 aliphatic heterocycles. The van der Waals surface area contributed by atoms with Crippen LogP contribution in [0, 0.1) is 11.7 Å². The number of nitrogens with one attached hydrogen (secondary N) is 2. The molecule has 1 aliphatic rings. The van der Waals surface area contributed by atoms with Crippen molar-refractivity contribution >= 4 is 29.1 Å². The van der Waals surface area contributed by atoms with Gasteiger partial charge in [-0.25, -0.2) is 14.4 Å². The van der Waals surface area contributed by atoms with Crippen LogP contribution in [0.2, 0.25) is 5.02 Å². The minimum atomic E-state index is -4.85. The monoisotopic (exact) mass is 416 g/mol. The molecule has 2 aromatic rings. The molecule has 1 aromatic carbocycles. The van der Waals surface area contributed by atoms with Crippen LogP contribution in [0.25, 0.3) is 0 Å². The highest BCUT2D eigenvalue weighted by Gasteiger charge is 2.38. The van der Waals surface area contributed by atoms with Crippen molar-refractivity contribution in [1.29, 1.82) is 0 Å². The normalized spacial score (nSPS) is 14.9. The summed E-state index contributed by atoms with van der Waals surface area (Å²) in [5, 5.41) is 4.86. The van der Waals surface area contributed by atoms with Gasteiger partial charge in [-0.15, -0.1) is 0 Å². The Hall–Kier alpha value is -2.42. The molecular weight excluding hydrogens is 400 g/mol. The number of hydrogen-bond acceptors (Lipinski definition) is 4. The molecule has 3 rings (SSSR count). The summed E-state index contributed by atoms with van der Waals surface area (Å²) in [6.45, 7) is 0.324. The number of nitrogens with zero attached hydrogens (tertiary/aromatic N) is 2. The number of amides is 1. The van der Waals surface area contributed by atoms with E-state index in [-0.39, 0.29) is 22.6 Å². The lowest BCUT2D eigenvalue weighted by Gasteiger charge is -2.15. The first-order valence-corrected chi connectivity index (χ1v) is 9.06. The fourth-order valence-corrected chi connectivity index (χ4v) is 3.25. The van der Waals surface area contributed by atoms with E-state index in [2.05, 4.69) is 20.6 Å². The zero-order valence-electron chi connectivity index (χ0n) is 14.6. The second kappa shape index (κ2) is 8.30. The van der Waals surface area contributed by atoms with Crippen LogP contribution >= 0.6 is 11.6 Å². The molecule has 1 heterocycles. The Kier molecular flexibility index (Phi) is 6.02. The van der Waals surface area contributed by atoms with E-state index < -0.39 is 29.2 Å². The third-order valence-corrected chi connectivity index (χ3v) is 4.79. The lowest BCUT2D eigenvalue weighted by molar-refractivity contribution is -0.141. The Balaban J connectivity index is 1.80. The summed E-state index contributed by atoms with van der Waals surface area (Å²) in [6.07, 6.45) is 0.00153. The molecule has 28 heavy (non-hydrogen) atoms. The van der Waals surface area contributed by atoms with E-state index in [9.17, 15) is 22.4 Å². The van der Waals surface area contributed by atoms with Gasteiger partial charge in [-0.3, -0.25) is 4.79 Å². The average molecular weight is 417 g/mol. The van der Waals surface area contributed by atoms with Gasteiger partial charge in [0, 0.05) is 18.4 Å². The Morgan fingerprint density at radius 3 is 2.61 bits per heavy atom. The molecule has 1 aromatic heterocycles. The number of alkyl halides is 3. The van der Waals surface area contributed by atoms with Gasteiger partial charge in [-0.2, -0.15) is 13.2 Å². The first-order valence-electron chi connectivity index (χ1n) is 8.68. The Labute approximate surface area is 163 Å². The van der Waals surface area contributed by atoms with Crippen LogP contribution in [0.1, 0.15) is 41.7 Å². The van der Waals surface area contributed by atoms with E-state index in [1.54, 1.807) is 0 Å². The first-order chi connectivity index (χ1) is 13.2. The zero-order valence-corrected chi connectivity index (χ0v) is 15.4. The molecule has 0 spiro atoms. The van der Waals surface area contributed by atoms with E-state index >= 15 is 0 Å². The maximum atomic E-state index is 13.4. The van der Waals surface area contributed by atoms with Crippen molar-refractivity contribution in [3.05, 3.63) is 46.5 Å². The highest BCUT2D eigenvalue weighted by atomic mass is 35.5. The fourth-order valence-electron chi connectivity index (χ4n) is 3.07. The van der Waals surface area contributed by atoms with Crippen LogP contribution in [0.15, 0.2) is 24.4 Å². The number of rotatable bonds is 5. The summed E-state index contributed by atoms with van der Waals surface area (Å²) in [6, 6.07) is 3.52. The van der Waals surface area contributed by atoms with E-state index in [0.717, 1.165) is 37.9 Å². The summed E-state index contributed by atoms with van der Waals surface area (Å²) in [5.41, 5.74) is -1.78. The second-order valence-electron chi connectivity index (χ2n) is 6.57. The summed E-state index contributed by atoms with van der Waals surface area (Å²) in [5.74, 6) is -1.64. The predicted molar refractivity (Wildman–Crippen MR) is 96.0 cm³/mol. The third kappa shape index (κ3) is 4.89. The minimum Gasteiger partial charge on any atom is -0.352 e. The maximum Gasteiger partial charge on any atom is 0.434 e. The van der Waals surface area contributed by atoms with Crippen LogP contribution in [0.5, 0.6) is 0 Å². The molecule has 1 saturated carbocycles. The van der Waals surface area contributed by atoms with E-state index in [4.69, 9.17) is 11.6 Å². The topological polar surface area (TPSA) is 66.9 Å². The van der Waals surface area contributed by atoms with E-state index in [1.165, 1.54) is 12.1 Å². The fraction of sp³-hybridized carbons (Fsp3) is 0.389. The molecular formula is C18H17ClF4N4O. The maximum absolute atomic E-state index is 13.4. The molecule has 0 bridgehead atoms. The number of carbonyl (C=O) groups is 1. The molecule has 0 radical (unpaired) electrons. The van der Waals surface area contributed by atoms with Gasteiger partial charge in [0.05, 0.1) is 10.6 Å². The third-order valence-electron chi connectivity index (χ3n) is 4.50. The lowest BCUT2D eigenvalue weighted by Crippen LogP contribution is -2.31. The van der Waals surface area contributed by atoms with Crippen molar-refractivity contribution in [2.75, 3.05) is 11.9 Å². The summed E-state index contributed by atoms with van der Waals surface area (Å²) < 4.78 is 53.5. The smallest absolute Gasteiger partial charge is 0.352 e. The van der Waals surface area contributed by atoms with Crippen LogP contribution < -0.4 is 10.6 Å². The molecule has 1 aliphatic carbocycles. The Morgan fingerprint density at radius 2 is 1.96 bits per heavy atom. The summed E-state index contributed by atoms with van der Waals surface area (Å²) in [4.78, 5) is 19.5. The Morgan fingerprint density at radius 1 is 1.25 bits per heavy atom. The molecule has 2 N–H and O–H groups in total. The van der Waals surface area contributed by atoms with Crippen LogP contribution in [0.4, 0.5) is 29.2 Å². The van der Waals surface area contributed by atoms with Crippen LogP contribution in [0.3, 0.4) is 0 Å². The van der Waals surface area contributed by atoms with Gasteiger partial charge in [-0.05, 0) is 37.0 Å². The highest BCUT2D eigenvalue weighted by molar-refractivity contribution is 6.31. The largest absolute Gasteiger partial charge is 0.434 e. The van der Waals surface area contributed by atoms with Crippen molar-refractivity contribution in [1.82, 2.24) is 15.3 Å².